The first-order valence-corrected chi connectivity index (χ1v) is 6.96. The van der Waals surface area contributed by atoms with E-state index in [1.165, 1.54) is 22.3 Å². The number of piperazine rings is 1. The minimum atomic E-state index is 0.455. The van der Waals surface area contributed by atoms with Crippen molar-refractivity contribution in [1.29, 1.82) is 0 Å². The topological polar surface area (TPSA) is 23.6 Å². The molecule has 1 radical (unpaired) electrons. The Kier molecular flexibility index (Phi) is 4.72. The van der Waals surface area contributed by atoms with E-state index in [9.17, 15) is 4.79 Å². The Bertz CT molecular complexity index is 425. The van der Waals surface area contributed by atoms with Gasteiger partial charge in [0.2, 0.25) is 6.29 Å². The molecule has 1 aliphatic heterocycles. The summed E-state index contributed by atoms with van der Waals surface area (Å²) in [6.45, 7) is 12.0. The summed E-state index contributed by atoms with van der Waals surface area (Å²) >= 11 is 0. The van der Waals surface area contributed by atoms with Gasteiger partial charge in [-0.3, -0.25) is 14.6 Å². The van der Waals surface area contributed by atoms with Crippen molar-refractivity contribution in [2.45, 2.75) is 27.3 Å². The molecule has 1 aromatic rings. The highest BCUT2D eigenvalue weighted by atomic mass is 16.1. The first-order chi connectivity index (χ1) is 9.10. The fraction of sp³-hybridized carbons (Fsp3) is 0.562. The molecule has 3 heteroatoms. The second-order valence-corrected chi connectivity index (χ2v) is 5.57. The van der Waals surface area contributed by atoms with E-state index >= 15 is 0 Å². The molecule has 0 aliphatic carbocycles. The third-order valence-corrected chi connectivity index (χ3v) is 3.98. The molecule has 0 bridgehead atoms. The lowest BCUT2D eigenvalue weighted by atomic mass is 9.99. The third-order valence-electron chi connectivity index (χ3n) is 3.98. The van der Waals surface area contributed by atoms with Crippen LogP contribution in [0.1, 0.15) is 22.3 Å². The maximum absolute atomic E-state index is 10.4. The van der Waals surface area contributed by atoms with Gasteiger partial charge in [0.1, 0.15) is 0 Å². The highest BCUT2D eigenvalue weighted by Crippen LogP contribution is 2.19. The van der Waals surface area contributed by atoms with Gasteiger partial charge in [-0.1, -0.05) is 17.7 Å². The van der Waals surface area contributed by atoms with Crippen LogP contribution in [-0.4, -0.2) is 48.8 Å². The van der Waals surface area contributed by atoms with Crippen LogP contribution >= 0.6 is 0 Å². The van der Waals surface area contributed by atoms with Gasteiger partial charge < -0.3 is 0 Å². The summed E-state index contributed by atoms with van der Waals surface area (Å²) in [5, 5.41) is 0. The van der Waals surface area contributed by atoms with Crippen LogP contribution in [0.4, 0.5) is 0 Å². The molecular weight excluding hydrogens is 236 g/mol. The standard InChI is InChI=1S/C16H23N2O/c1-13-10-14(2)16(15(3)11-13)12-18-6-4-17(5-7-18)8-9-19/h10-11H,4-8,12H2,1-3H3. The van der Waals surface area contributed by atoms with Crippen LogP contribution in [0.5, 0.6) is 0 Å². The van der Waals surface area contributed by atoms with E-state index < -0.39 is 0 Å². The molecule has 1 aliphatic rings. The lowest BCUT2D eigenvalue weighted by Gasteiger charge is -2.34. The smallest absolute Gasteiger partial charge is 0.213 e. The summed E-state index contributed by atoms with van der Waals surface area (Å²) in [7, 11) is 0. The molecule has 2 rings (SSSR count). The Balaban J connectivity index is 1.98. The predicted octanol–water partition coefficient (Wildman–Crippen LogP) is 1.84. The summed E-state index contributed by atoms with van der Waals surface area (Å²) in [6, 6.07) is 4.53. The van der Waals surface area contributed by atoms with Crippen LogP contribution in [0.15, 0.2) is 12.1 Å². The number of hydrogen-bond acceptors (Lipinski definition) is 3. The van der Waals surface area contributed by atoms with Gasteiger partial charge in [-0.05, 0) is 37.5 Å². The summed E-state index contributed by atoms with van der Waals surface area (Å²) in [5.74, 6) is 0. The van der Waals surface area contributed by atoms with Gasteiger partial charge >= 0.3 is 0 Å². The van der Waals surface area contributed by atoms with Crippen LogP contribution in [0.25, 0.3) is 0 Å². The van der Waals surface area contributed by atoms with E-state index in [1.54, 1.807) is 0 Å². The van der Waals surface area contributed by atoms with Gasteiger partial charge in [0, 0.05) is 32.7 Å². The number of rotatable bonds is 4. The molecule has 1 aromatic carbocycles. The van der Waals surface area contributed by atoms with Gasteiger partial charge in [0.05, 0.1) is 6.54 Å². The fourth-order valence-corrected chi connectivity index (χ4v) is 2.88. The van der Waals surface area contributed by atoms with Crippen molar-refractivity contribution in [3.8, 4) is 0 Å². The molecule has 0 spiro atoms. The van der Waals surface area contributed by atoms with Crippen LogP contribution in [0.3, 0.4) is 0 Å². The molecule has 1 heterocycles. The second-order valence-electron chi connectivity index (χ2n) is 5.57. The summed E-state index contributed by atoms with van der Waals surface area (Å²) in [6.07, 6.45) is 1.98. The third kappa shape index (κ3) is 3.64. The molecule has 3 nitrogen and oxygen atoms in total. The molecule has 103 valence electrons. The fourth-order valence-electron chi connectivity index (χ4n) is 2.88. The van der Waals surface area contributed by atoms with Crippen molar-refractivity contribution in [2.75, 3.05) is 32.7 Å². The molecule has 0 amide bonds. The largest absolute Gasteiger partial charge is 0.297 e. The Morgan fingerprint density at radius 2 is 1.53 bits per heavy atom. The molecule has 1 fully saturated rings. The van der Waals surface area contributed by atoms with E-state index in [1.807, 2.05) is 6.29 Å². The molecular formula is C16H23N2O. The lowest BCUT2D eigenvalue weighted by Crippen LogP contribution is -2.46. The number of carbonyl (C=O) groups excluding carboxylic acids is 1. The summed E-state index contributed by atoms with van der Waals surface area (Å²) in [5.41, 5.74) is 5.58. The Morgan fingerprint density at radius 3 is 2.05 bits per heavy atom. The van der Waals surface area contributed by atoms with Gasteiger partial charge in [-0.25, -0.2) is 0 Å². The quantitative estimate of drug-likeness (QED) is 0.824. The minimum absolute atomic E-state index is 0.455. The molecule has 0 unspecified atom stereocenters. The average Bonchev–Trinajstić information content (AvgIpc) is 2.36. The molecule has 19 heavy (non-hydrogen) atoms. The van der Waals surface area contributed by atoms with Gasteiger partial charge in [0.25, 0.3) is 0 Å². The van der Waals surface area contributed by atoms with Crippen molar-refractivity contribution in [2.24, 2.45) is 0 Å². The number of aryl methyl sites for hydroxylation is 3. The molecule has 1 saturated heterocycles. The van der Waals surface area contributed by atoms with Gasteiger partial charge in [0.15, 0.2) is 0 Å². The van der Waals surface area contributed by atoms with Crippen LogP contribution in [-0.2, 0) is 11.3 Å². The predicted molar refractivity (Wildman–Crippen MR) is 78.1 cm³/mol. The molecule has 0 saturated carbocycles. The zero-order valence-corrected chi connectivity index (χ0v) is 12.2. The van der Waals surface area contributed by atoms with E-state index in [0.717, 1.165) is 32.7 Å². The zero-order chi connectivity index (χ0) is 13.8. The first-order valence-electron chi connectivity index (χ1n) is 6.96. The molecule has 0 N–H and O–H groups in total. The van der Waals surface area contributed by atoms with Crippen LogP contribution < -0.4 is 0 Å². The molecule has 0 atom stereocenters. The number of hydrogen-bond donors (Lipinski definition) is 0. The summed E-state index contributed by atoms with van der Waals surface area (Å²) in [4.78, 5) is 15.0. The van der Waals surface area contributed by atoms with E-state index in [4.69, 9.17) is 0 Å². The highest BCUT2D eigenvalue weighted by molar-refractivity contribution is 5.53. The van der Waals surface area contributed by atoms with Gasteiger partial charge in [-0.15, -0.1) is 0 Å². The molecule has 0 aromatic heterocycles. The lowest BCUT2D eigenvalue weighted by molar-refractivity contribution is 0.139. The van der Waals surface area contributed by atoms with Crippen molar-refractivity contribution in [1.82, 2.24) is 9.80 Å². The van der Waals surface area contributed by atoms with Crippen molar-refractivity contribution < 1.29 is 4.79 Å². The normalized spacial score (nSPS) is 17.6. The Hall–Kier alpha value is -1.19. The second kappa shape index (κ2) is 6.31. The average molecular weight is 259 g/mol. The summed E-state index contributed by atoms with van der Waals surface area (Å²) < 4.78 is 0. The van der Waals surface area contributed by atoms with Crippen molar-refractivity contribution >= 4 is 6.29 Å². The first kappa shape index (κ1) is 14.2. The van der Waals surface area contributed by atoms with Crippen LogP contribution in [0.2, 0.25) is 0 Å². The SMILES string of the molecule is Cc1cc(C)c(CN2CCN(C[C]=O)CC2)c(C)c1. The minimum Gasteiger partial charge on any atom is -0.297 e. The monoisotopic (exact) mass is 259 g/mol. The van der Waals surface area contributed by atoms with E-state index in [0.29, 0.717) is 6.54 Å². The Morgan fingerprint density at radius 1 is 1.00 bits per heavy atom. The Labute approximate surface area is 116 Å². The van der Waals surface area contributed by atoms with Crippen LogP contribution in [0, 0.1) is 20.8 Å². The van der Waals surface area contributed by atoms with Gasteiger partial charge in [-0.2, -0.15) is 0 Å². The zero-order valence-electron chi connectivity index (χ0n) is 12.2. The highest BCUT2D eigenvalue weighted by Gasteiger charge is 2.17. The van der Waals surface area contributed by atoms with E-state index in [2.05, 4.69) is 42.7 Å². The van der Waals surface area contributed by atoms with E-state index in [-0.39, 0.29) is 0 Å². The van der Waals surface area contributed by atoms with Crippen molar-refractivity contribution in [3.63, 3.8) is 0 Å². The van der Waals surface area contributed by atoms with Crippen molar-refractivity contribution in [3.05, 3.63) is 34.4 Å². The maximum atomic E-state index is 10.4. The number of benzene rings is 1. The number of nitrogens with zero attached hydrogens (tertiary/aromatic N) is 2. The maximum Gasteiger partial charge on any atom is 0.213 e.